The summed E-state index contributed by atoms with van der Waals surface area (Å²) in [6, 6.07) is 0.121. The van der Waals surface area contributed by atoms with E-state index in [4.69, 9.17) is 0 Å². The van der Waals surface area contributed by atoms with E-state index in [0.717, 1.165) is 5.82 Å². The first-order chi connectivity index (χ1) is 8.68. The molecule has 7 heteroatoms. The summed E-state index contributed by atoms with van der Waals surface area (Å²) in [6.45, 7) is 4.50. The second kappa shape index (κ2) is 5.44. The lowest BCUT2D eigenvalue weighted by molar-refractivity contribution is 0.575. The summed E-state index contributed by atoms with van der Waals surface area (Å²) in [5.41, 5.74) is -0.106. The van der Waals surface area contributed by atoms with Crippen molar-refractivity contribution < 1.29 is 0 Å². The first kappa shape index (κ1) is 12.3. The fraction of sp³-hybridized carbons (Fsp3) is 0.455. The molecule has 18 heavy (non-hydrogen) atoms. The number of nitrogens with one attached hydrogen (secondary N) is 2. The lowest BCUT2D eigenvalue weighted by Crippen LogP contribution is -2.26. The van der Waals surface area contributed by atoms with Gasteiger partial charge in [0.25, 0.3) is 5.56 Å². The van der Waals surface area contributed by atoms with Crippen LogP contribution in [0.3, 0.4) is 0 Å². The Balaban J connectivity index is 2.01. The zero-order chi connectivity index (χ0) is 13.0. The van der Waals surface area contributed by atoms with Gasteiger partial charge in [-0.05, 0) is 13.8 Å². The molecule has 0 spiro atoms. The molecule has 0 aliphatic rings. The average Bonchev–Trinajstić information content (AvgIpc) is 2.84. The number of nitrogens with zero attached hydrogens (tertiary/aromatic N) is 4. The third-order valence-corrected chi connectivity index (χ3v) is 2.54. The van der Waals surface area contributed by atoms with Crippen molar-refractivity contribution in [2.75, 3.05) is 11.9 Å². The molecule has 0 radical (unpaired) electrons. The second-order valence-corrected chi connectivity index (χ2v) is 4.19. The number of aromatic amines is 1. The molecular weight excluding hydrogens is 232 g/mol. The Hall–Kier alpha value is -2.18. The van der Waals surface area contributed by atoms with Crippen LogP contribution >= 0.6 is 0 Å². The summed E-state index contributed by atoms with van der Waals surface area (Å²) in [7, 11) is 0. The number of hydrogen-bond donors (Lipinski definition) is 2. The van der Waals surface area contributed by atoms with Gasteiger partial charge in [-0.1, -0.05) is 0 Å². The van der Waals surface area contributed by atoms with Crippen LogP contribution in [0.1, 0.15) is 25.7 Å². The molecule has 2 rings (SSSR count). The van der Waals surface area contributed by atoms with Crippen LogP contribution in [0.4, 0.5) is 5.82 Å². The molecule has 0 saturated heterocycles. The lowest BCUT2D eigenvalue weighted by atomic mass is 10.3. The van der Waals surface area contributed by atoms with Gasteiger partial charge in [-0.3, -0.25) is 9.89 Å². The maximum atomic E-state index is 12.0. The Morgan fingerprint density at radius 1 is 1.44 bits per heavy atom. The van der Waals surface area contributed by atoms with Crippen LogP contribution in [-0.2, 0) is 6.42 Å². The number of rotatable bonds is 5. The van der Waals surface area contributed by atoms with Crippen molar-refractivity contribution in [2.45, 2.75) is 26.3 Å². The average molecular weight is 248 g/mol. The summed E-state index contributed by atoms with van der Waals surface area (Å²) in [5, 5.41) is 9.53. The van der Waals surface area contributed by atoms with Crippen LogP contribution in [0.25, 0.3) is 0 Å². The Bertz CT molecular complexity index is 545. The van der Waals surface area contributed by atoms with E-state index < -0.39 is 0 Å². The van der Waals surface area contributed by atoms with Gasteiger partial charge in [0.15, 0.2) is 5.82 Å². The lowest BCUT2D eigenvalue weighted by Gasteiger charge is -2.11. The number of H-pyrrole nitrogens is 1. The monoisotopic (exact) mass is 248 g/mol. The molecule has 96 valence electrons. The minimum Gasteiger partial charge on any atom is -0.365 e. The third-order valence-electron chi connectivity index (χ3n) is 2.54. The van der Waals surface area contributed by atoms with Crippen molar-refractivity contribution in [3.63, 3.8) is 0 Å². The molecule has 0 aliphatic heterocycles. The van der Waals surface area contributed by atoms with Crippen molar-refractivity contribution in [3.8, 4) is 0 Å². The van der Waals surface area contributed by atoms with Crippen LogP contribution in [0.2, 0.25) is 0 Å². The highest BCUT2D eigenvalue weighted by molar-refractivity contribution is 5.30. The van der Waals surface area contributed by atoms with Gasteiger partial charge in [0.2, 0.25) is 0 Å². The predicted octanol–water partition coefficient (Wildman–Crippen LogP) is 0.597. The fourth-order valence-corrected chi connectivity index (χ4v) is 1.60. The van der Waals surface area contributed by atoms with Gasteiger partial charge in [-0.15, -0.1) is 0 Å². The molecule has 7 nitrogen and oxygen atoms in total. The van der Waals surface area contributed by atoms with Crippen molar-refractivity contribution in [1.82, 2.24) is 24.7 Å². The molecule has 0 aromatic carbocycles. The number of hydrogen-bond acceptors (Lipinski definition) is 5. The zero-order valence-electron chi connectivity index (χ0n) is 10.4. The van der Waals surface area contributed by atoms with Crippen molar-refractivity contribution >= 4 is 5.82 Å². The smallest absolute Gasteiger partial charge is 0.293 e. The molecule has 0 bridgehead atoms. The summed E-state index contributed by atoms with van der Waals surface area (Å²) >= 11 is 0. The van der Waals surface area contributed by atoms with E-state index in [1.807, 2.05) is 13.8 Å². The molecule has 2 N–H and O–H groups in total. The Kier molecular flexibility index (Phi) is 3.71. The van der Waals surface area contributed by atoms with E-state index >= 15 is 0 Å². The minimum atomic E-state index is -0.106. The van der Waals surface area contributed by atoms with Crippen LogP contribution in [-0.4, -0.2) is 31.3 Å². The van der Waals surface area contributed by atoms with E-state index in [0.29, 0.717) is 18.8 Å². The quantitative estimate of drug-likeness (QED) is 0.808. The molecule has 2 aromatic heterocycles. The number of aromatic nitrogens is 5. The highest BCUT2D eigenvalue weighted by Gasteiger charge is 2.06. The van der Waals surface area contributed by atoms with Gasteiger partial charge < -0.3 is 9.88 Å². The van der Waals surface area contributed by atoms with Crippen molar-refractivity contribution in [3.05, 3.63) is 34.9 Å². The summed E-state index contributed by atoms with van der Waals surface area (Å²) in [5.74, 6) is 1.15. The topological polar surface area (TPSA) is 88.5 Å². The Morgan fingerprint density at radius 3 is 2.94 bits per heavy atom. The minimum absolute atomic E-state index is 0.106. The largest absolute Gasteiger partial charge is 0.365 e. The molecule has 0 saturated carbocycles. The summed E-state index contributed by atoms with van der Waals surface area (Å²) < 4.78 is 1.64. The van der Waals surface area contributed by atoms with Gasteiger partial charge >= 0.3 is 0 Å². The zero-order valence-corrected chi connectivity index (χ0v) is 10.4. The first-order valence-electron chi connectivity index (χ1n) is 5.83. The van der Waals surface area contributed by atoms with Crippen LogP contribution in [0.5, 0.6) is 0 Å². The fourth-order valence-electron chi connectivity index (χ4n) is 1.60. The maximum Gasteiger partial charge on any atom is 0.293 e. The maximum absolute atomic E-state index is 12.0. The highest BCUT2D eigenvalue weighted by Crippen LogP contribution is 2.01. The van der Waals surface area contributed by atoms with E-state index in [1.54, 1.807) is 17.0 Å². The molecule has 0 aliphatic carbocycles. The van der Waals surface area contributed by atoms with E-state index in [9.17, 15) is 4.79 Å². The van der Waals surface area contributed by atoms with Crippen LogP contribution in [0, 0.1) is 0 Å². The van der Waals surface area contributed by atoms with E-state index in [1.165, 1.54) is 6.33 Å². The summed E-state index contributed by atoms with van der Waals surface area (Å²) in [6.07, 6.45) is 5.44. The molecule has 0 fully saturated rings. The Labute approximate surface area is 104 Å². The SMILES string of the molecule is CC(C)n1ccnc(NCCc2ncn[nH]2)c1=O. The third kappa shape index (κ3) is 2.73. The molecule has 2 aromatic rings. The standard InChI is InChI=1S/C11H16N6O/c1-8(2)17-6-5-13-10(11(17)18)12-4-3-9-14-7-15-16-9/h5-8H,3-4H2,1-2H3,(H,12,13)(H,14,15,16). The molecule has 0 unspecified atom stereocenters. The number of anilines is 1. The van der Waals surface area contributed by atoms with Crippen LogP contribution in [0.15, 0.2) is 23.5 Å². The summed E-state index contributed by atoms with van der Waals surface area (Å²) in [4.78, 5) is 20.1. The molecular formula is C11H16N6O. The molecule has 0 amide bonds. The Morgan fingerprint density at radius 2 is 2.28 bits per heavy atom. The highest BCUT2D eigenvalue weighted by atomic mass is 16.1. The van der Waals surface area contributed by atoms with Crippen molar-refractivity contribution in [2.24, 2.45) is 0 Å². The first-order valence-corrected chi connectivity index (χ1v) is 5.83. The second-order valence-electron chi connectivity index (χ2n) is 4.19. The van der Waals surface area contributed by atoms with Gasteiger partial charge in [0.1, 0.15) is 12.2 Å². The van der Waals surface area contributed by atoms with E-state index in [2.05, 4.69) is 25.5 Å². The molecule has 0 atom stereocenters. The van der Waals surface area contributed by atoms with Gasteiger partial charge in [0, 0.05) is 31.4 Å². The normalized spacial score (nSPS) is 10.8. The molecule has 2 heterocycles. The van der Waals surface area contributed by atoms with Gasteiger partial charge in [-0.2, -0.15) is 5.10 Å². The van der Waals surface area contributed by atoms with Gasteiger partial charge in [-0.25, -0.2) is 9.97 Å². The predicted molar refractivity (Wildman–Crippen MR) is 67.5 cm³/mol. The van der Waals surface area contributed by atoms with E-state index in [-0.39, 0.29) is 11.6 Å². The van der Waals surface area contributed by atoms with Crippen molar-refractivity contribution in [1.29, 1.82) is 0 Å². The van der Waals surface area contributed by atoms with Gasteiger partial charge in [0.05, 0.1) is 0 Å². The van der Waals surface area contributed by atoms with Crippen LogP contribution < -0.4 is 10.9 Å².